The lowest BCUT2D eigenvalue weighted by atomic mass is 10.1. The number of pyridine rings is 1. The van der Waals surface area contributed by atoms with Crippen LogP contribution in [0, 0.1) is 13.8 Å². The number of aromatic amines is 1. The Labute approximate surface area is 143 Å². The second-order valence-corrected chi connectivity index (χ2v) is 6.08. The fraction of sp³-hybridized carbons (Fsp3) is 0.235. The lowest BCUT2D eigenvalue weighted by Gasteiger charge is -2.02. The monoisotopic (exact) mass is 342 g/mol. The highest BCUT2D eigenvalue weighted by molar-refractivity contribution is 7.14. The van der Waals surface area contributed by atoms with E-state index in [-0.39, 0.29) is 5.97 Å². The Morgan fingerprint density at radius 2 is 2.21 bits per heavy atom. The summed E-state index contributed by atoms with van der Waals surface area (Å²) in [6, 6.07) is 5.65. The first kappa shape index (κ1) is 16.2. The average molecular weight is 342 g/mol. The van der Waals surface area contributed by atoms with Gasteiger partial charge in [0.2, 0.25) is 0 Å². The molecule has 0 aliphatic heterocycles. The minimum absolute atomic E-state index is 0.308. The Kier molecular flexibility index (Phi) is 4.61. The molecule has 6 nitrogen and oxygen atoms in total. The number of hydrogen-bond acceptors (Lipinski definition) is 6. The van der Waals surface area contributed by atoms with Gasteiger partial charge in [-0.25, -0.2) is 14.8 Å². The Morgan fingerprint density at radius 1 is 1.38 bits per heavy atom. The van der Waals surface area contributed by atoms with Crippen molar-refractivity contribution >= 4 is 28.3 Å². The van der Waals surface area contributed by atoms with E-state index in [0.717, 1.165) is 33.6 Å². The second-order valence-electron chi connectivity index (χ2n) is 5.22. The molecule has 0 aromatic carbocycles. The highest BCUT2D eigenvalue weighted by Crippen LogP contribution is 2.31. The van der Waals surface area contributed by atoms with E-state index in [2.05, 4.69) is 20.3 Å². The van der Waals surface area contributed by atoms with Gasteiger partial charge in [-0.2, -0.15) is 0 Å². The molecule has 0 aliphatic carbocycles. The summed E-state index contributed by atoms with van der Waals surface area (Å²) in [4.78, 5) is 24.1. The summed E-state index contributed by atoms with van der Waals surface area (Å²) in [7, 11) is 0. The first-order chi connectivity index (χ1) is 11.6. The van der Waals surface area contributed by atoms with E-state index in [0.29, 0.717) is 12.2 Å². The highest BCUT2D eigenvalue weighted by atomic mass is 32.1. The van der Waals surface area contributed by atoms with Crippen LogP contribution in [0.1, 0.15) is 28.5 Å². The van der Waals surface area contributed by atoms with Crippen molar-refractivity contribution in [3.63, 3.8) is 0 Å². The van der Waals surface area contributed by atoms with Gasteiger partial charge in [0.25, 0.3) is 0 Å². The van der Waals surface area contributed by atoms with Gasteiger partial charge in [-0.15, -0.1) is 11.3 Å². The number of thiazole rings is 1. The molecule has 24 heavy (non-hydrogen) atoms. The zero-order valence-electron chi connectivity index (χ0n) is 13.7. The molecule has 0 bridgehead atoms. The minimum atomic E-state index is -0.308. The lowest BCUT2D eigenvalue weighted by Crippen LogP contribution is -2.06. The molecule has 0 radical (unpaired) electrons. The number of H-pyrrole nitrogens is 1. The van der Waals surface area contributed by atoms with Gasteiger partial charge < -0.3 is 15.0 Å². The largest absolute Gasteiger partial charge is 0.462 e. The Hall–Kier alpha value is -2.67. The maximum absolute atomic E-state index is 12.1. The Balaban J connectivity index is 1.88. The van der Waals surface area contributed by atoms with E-state index >= 15 is 0 Å². The van der Waals surface area contributed by atoms with Gasteiger partial charge in [0.05, 0.1) is 17.9 Å². The van der Waals surface area contributed by atoms with Gasteiger partial charge in [0.15, 0.2) is 5.13 Å². The van der Waals surface area contributed by atoms with E-state index < -0.39 is 0 Å². The van der Waals surface area contributed by atoms with Gasteiger partial charge in [0, 0.05) is 17.3 Å². The van der Waals surface area contributed by atoms with Crippen molar-refractivity contribution in [2.24, 2.45) is 0 Å². The van der Waals surface area contributed by atoms with Crippen LogP contribution in [0.25, 0.3) is 11.4 Å². The molecule has 0 spiro atoms. The third kappa shape index (κ3) is 3.16. The van der Waals surface area contributed by atoms with Crippen molar-refractivity contribution in [3.8, 4) is 11.4 Å². The molecule has 3 rings (SSSR count). The molecule has 7 heteroatoms. The van der Waals surface area contributed by atoms with E-state index in [9.17, 15) is 4.79 Å². The Bertz CT molecular complexity index is 855. The molecule has 3 aromatic rings. The number of aryl methyl sites for hydroxylation is 1. The first-order valence-corrected chi connectivity index (χ1v) is 8.48. The smallest absolute Gasteiger partial charge is 0.340 e. The van der Waals surface area contributed by atoms with Crippen LogP contribution < -0.4 is 5.32 Å². The van der Waals surface area contributed by atoms with Crippen molar-refractivity contribution in [2.75, 3.05) is 11.9 Å². The summed E-state index contributed by atoms with van der Waals surface area (Å²) in [5.74, 6) is 0.432. The molecule has 0 amide bonds. The zero-order valence-corrected chi connectivity index (χ0v) is 14.5. The molecule has 0 saturated heterocycles. The van der Waals surface area contributed by atoms with Crippen molar-refractivity contribution < 1.29 is 9.53 Å². The van der Waals surface area contributed by atoms with Crippen molar-refractivity contribution in [2.45, 2.75) is 20.8 Å². The van der Waals surface area contributed by atoms with E-state index in [1.54, 1.807) is 13.1 Å². The number of carbonyl (C=O) groups is 1. The minimum Gasteiger partial charge on any atom is -0.462 e. The summed E-state index contributed by atoms with van der Waals surface area (Å²) in [6.45, 7) is 5.91. The number of nitrogens with one attached hydrogen (secondary N) is 2. The fourth-order valence-electron chi connectivity index (χ4n) is 2.51. The zero-order chi connectivity index (χ0) is 17.1. The number of hydrogen-bond donors (Lipinski definition) is 2. The molecule has 3 aromatic heterocycles. The molecular formula is C17H18N4O2S. The number of anilines is 2. The molecule has 3 heterocycles. The van der Waals surface area contributed by atoms with Crippen LogP contribution in [0.4, 0.5) is 10.9 Å². The third-order valence-corrected chi connectivity index (χ3v) is 4.33. The van der Waals surface area contributed by atoms with Crippen LogP contribution in [0.5, 0.6) is 0 Å². The Morgan fingerprint density at radius 3 is 2.92 bits per heavy atom. The van der Waals surface area contributed by atoms with Crippen molar-refractivity contribution in [1.82, 2.24) is 15.0 Å². The second kappa shape index (κ2) is 6.84. The molecule has 124 valence electrons. The van der Waals surface area contributed by atoms with E-state index in [4.69, 9.17) is 4.74 Å². The van der Waals surface area contributed by atoms with Gasteiger partial charge in [-0.1, -0.05) is 6.07 Å². The highest BCUT2D eigenvalue weighted by Gasteiger charge is 2.21. The van der Waals surface area contributed by atoms with Crippen LogP contribution in [0.2, 0.25) is 0 Å². The summed E-state index contributed by atoms with van der Waals surface area (Å²) in [5, 5.41) is 5.86. The molecule has 0 atom stereocenters. The topological polar surface area (TPSA) is 79.9 Å². The summed E-state index contributed by atoms with van der Waals surface area (Å²) >= 11 is 1.48. The average Bonchev–Trinajstić information content (AvgIpc) is 3.13. The third-order valence-electron chi connectivity index (χ3n) is 3.58. The SMILES string of the molecule is CCOC(=O)c1c(C)[nH]c(-c2csc(Nc3ccccn3)n2)c1C. The van der Waals surface area contributed by atoms with E-state index in [1.165, 1.54) is 11.3 Å². The summed E-state index contributed by atoms with van der Waals surface area (Å²) < 4.78 is 5.13. The fourth-order valence-corrected chi connectivity index (χ4v) is 3.22. The van der Waals surface area contributed by atoms with Crippen molar-refractivity contribution in [1.29, 1.82) is 0 Å². The lowest BCUT2D eigenvalue weighted by molar-refractivity contribution is 0.0525. The molecule has 0 unspecified atom stereocenters. The van der Waals surface area contributed by atoms with Crippen LogP contribution in [-0.4, -0.2) is 27.5 Å². The van der Waals surface area contributed by atoms with Crippen LogP contribution in [-0.2, 0) is 4.74 Å². The van der Waals surface area contributed by atoms with Gasteiger partial charge >= 0.3 is 5.97 Å². The summed E-state index contributed by atoms with van der Waals surface area (Å²) in [5.41, 5.74) is 3.84. The quantitative estimate of drug-likeness (QED) is 0.683. The number of rotatable bonds is 5. The van der Waals surface area contributed by atoms with Crippen molar-refractivity contribution in [3.05, 3.63) is 46.6 Å². The predicted molar refractivity (Wildman–Crippen MR) is 94.9 cm³/mol. The number of nitrogens with zero attached hydrogens (tertiary/aromatic N) is 2. The molecule has 0 aliphatic rings. The van der Waals surface area contributed by atoms with Crippen LogP contribution in [0.3, 0.4) is 0 Å². The molecular weight excluding hydrogens is 324 g/mol. The predicted octanol–water partition coefficient (Wildman–Crippen LogP) is 4.07. The number of carbonyl (C=O) groups excluding carboxylic acids is 1. The van der Waals surface area contributed by atoms with Crippen LogP contribution >= 0.6 is 11.3 Å². The number of ether oxygens (including phenoxy) is 1. The number of aromatic nitrogens is 3. The molecule has 0 fully saturated rings. The van der Waals surface area contributed by atoms with Gasteiger partial charge in [-0.3, -0.25) is 0 Å². The van der Waals surface area contributed by atoms with Crippen LogP contribution in [0.15, 0.2) is 29.8 Å². The standard InChI is InChI=1S/C17H18N4O2S/c1-4-23-16(22)14-10(2)15(19-11(14)3)12-9-24-17(20-12)21-13-7-5-6-8-18-13/h5-9,19H,4H2,1-3H3,(H,18,20,21). The molecule has 0 saturated carbocycles. The maximum Gasteiger partial charge on any atom is 0.340 e. The summed E-state index contributed by atoms with van der Waals surface area (Å²) in [6.07, 6.45) is 1.72. The maximum atomic E-state index is 12.1. The number of esters is 1. The normalized spacial score (nSPS) is 10.6. The molecule has 2 N–H and O–H groups in total. The first-order valence-electron chi connectivity index (χ1n) is 7.60. The van der Waals surface area contributed by atoms with Gasteiger partial charge in [-0.05, 0) is 38.5 Å². The van der Waals surface area contributed by atoms with E-state index in [1.807, 2.05) is 37.4 Å². The van der Waals surface area contributed by atoms with Gasteiger partial charge in [0.1, 0.15) is 11.5 Å².